The summed E-state index contributed by atoms with van der Waals surface area (Å²) >= 11 is 0. The Labute approximate surface area is 240 Å². The van der Waals surface area contributed by atoms with E-state index in [0.717, 1.165) is 17.4 Å². The van der Waals surface area contributed by atoms with Gasteiger partial charge in [-0.2, -0.15) is 5.10 Å². The second-order valence-electron chi connectivity index (χ2n) is 10.6. The highest BCUT2D eigenvalue weighted by Gasteiger charge is 2.19. The first-order valence-corrected chi connectivity index (χ1v) is 15.2. The third-order valence-electron chi connectivity index (χ3n) is 6.90. The Morgan fingerprint density at radius 1 is 0.952 bits per heavy atom. The lowest BCUT2D eigenvalue weighted by Gasteiger charge is -2.10. The van der Waals surface area contributed by atoms with E-state index in [2.05, 4.69) is 30.1 Å². The molecule has 0 atom stereocenters. The molecule has 6 aromatic rings. The zero-order valence-corrected chi connectivity index (χ0v) is 23.9. The fraction of sp³-hybridized carbons (Fsp3) is 0.200. The lowest BCUT2D eigenvalue weighted by atomic mass is 10.0. The molecule has 6 rings (SSSR count). The summed E-state index contributed by atoms with van der Waals surface area (Å²) in [6.07, 6.45) is 6.39. The minimum Gasteiger partial charge on any atom is -0.335 e. The summed E-state index contributed by atoms with van der Waals surface area (Å²) in [7, 11) is 0.728. The highest BCUT2D eigenvalue weighted by Crippen LogP contribution is 2.34. The number of sulfone groups is 1. The number of aromatic amines is 2. The number of benzene rings is 2. The smallest absolute Gasteiger partial charge is 0.178 e. The van der Waals surface area contributed by atoms with Crippen LogP contribution >= 0.6 is 0 Å². The molecule has 0 aliphatic heterocycles. The van der Waals surface area contributed by atoms with E-state index < -0.39 is 21.5 Å². The van der Waals surface area contributed by atoms with Gasteiger partial charge in [-0.25, -0.2) is 27.2 Å². The van der Waals surface area contributed by atoms with Crippen molar-refractivity contribution < 1.29 is 17.2 Å². The zero-order chi connectivity index (χ0) is 29.6. The van der Waals surface area contributed by atoms with Crippen molar-refractivity contribution >= 4 is 31.9 Å². The molecule has 0 amide bonds. The van der Waals surface area contributed by atoms with Crippen molar-refractivity contribution in [2.24, 2.45) is 0 Å². The second-order valence-corrected chi connectivity index (χ2v) is 12.9. The number of rotatable bonds is 8. The molecule has 9 nitrogen and oxygen atoms in total. The van der Waals surface area contributed by atoms with Crippen LogP contribution in [-0.4, -0.2) is 69.6 Å². The molecule has 4 heterocycles. The Balaban J connectivity index is 1.43. The Bertz CT molecular complexity index is 2070. The molecule has 0 unspecified atom stereocenters. The van der Waals surface area contributed by atoms with Crippen molar-refractivity contribution in [3.05, 3.63) is 83.8 Å². The van der Waals surface area contributed by atoms with Crippen LogP contribution in [-0.2, 0) is 22.8 Å². The molecule has 0 bridgehead atoms. The fourth-order valence-electron chi connectivity index (χ4n) is 5.04. The molecule has 214 valence electrons. The third-order valence-corrected chi connectivity index (χ3v) is 7.84. The van der Waals surface area contributed by atoms with Gasteiger partial charge < -0.3 is 9.88 Å². The van der Waals surface area contributed by atoms with Crippen molar-refractivity contribution in [2.45, 2.75) is 13.0 Å². The molecule has 2 N–H and O–H groups in total. The number of aryl methyl sites for hydroxylation is 1. The van der Waals surface area contributed by atoms with Crippen LogP contribution in [0.25, 0.3) is 55.8 Å². The molecule has 0 saturated heterocycles. The molecule has 0 spiro atoms. The lowest BCUT2D eigenvalue weighted by Crippen LogP contribution is -2.10. The Kier molecular flexibility index (Phi) is 7.03. The second kappa shape index (κ2) is 10.7. The van der Waals surface area contributed by atoms with Crippen molar-refractivity contribution in [3.8, 4) is 33.8 Å². The van der Waals surface area contributed by atoms with Gasteiger partial charge in [0.1, 0.15) is 26.9 Å². The van der Waals surface area contributed by atoms with Crippen LogP contribution in [0.15, 0.2) is 61.1 Å². The van der Waals surface area contributed by atoms with E-state index in [1.54, 1.807) is 30.7 Å². The van der Waals surface area contributed by atoms with Crippen LogP contribution in [0.3, 0.4) is 0 Å². The summed E-state index contributed by atoms with van der Waals surface area (Å²) in [4.78, 5) is 18.6. The van der Waals surface area contributed by atoms with E-state index >= 15 is 4.39 Å². The van der Waals surface area contributed by atoms with E-state index in [9.17, 15) is 12.8 Å². The molecular weight excluding hydrogens is 560 g/mol. The van der Waals surface area contributed by atoms with Gasteiger partial charge in [0.25, 0.3) is 0 Å². The molecule has 0 saturated carbocycles. The minimum atomic E-state index is -3.21. The summed E-state index contributed by atoms with van der Waals surface area (Å²) in [5.41, 5.74) is 5.73. The number of aromatic nitrogens is 6. The van der Waals surface area contributed by atoms with E-state index in [1.165, 1.54) is 18.2 Å². The topological polar surface area (TPSA) is 121 Å². The highest BCUT2D eigenvalue weighted by molar-refractivity contribution is 7.90. The predicted molar refractivity (Wildman–Crippen MR) is 158 cm³/mol. The number of imidazole rings is 1. The van der Waals surface area contributed by atoms with Crippen LogP contribution < -0.4 is 0 Å². The number of hydrogen-bond donors (Lipinski definition) is 2. The monoisotopic (exact) mass is 587 g/mol. The number of nitrogens with zero attached hydrogens (tertiary/aromatic N) is 5. The molecular formula is C30H27F2N7O2S. The summed E-state index contributed by atoms with van der Waals surface area (Å²) in [5, 5.41) is 7.63. The first kappa shape index (κ1) is 27.6. The number of halogens is 2. The van der Waals surface area contributed by atoms with E-state index in [-0.39, 0.29) is 17.7 Å². The van der Waals surface area contributed by atoms with E-state index in [4.69, 9.17) is 0 Å². The summed E-state index contributed by atoms with van der Waals surface area (Å²) in [6.45, 7) is 0.696. The van der Waals surface area contributed by atoms with Crippen LogP contribution in [0, 0.1) is 11.6 Å². The summed E-state index contributed by atoms with van der Waals surface area (Å²) in [6, 6.07) is 11.5. The maximum Gasteiger partial charge on any atom is 0.178 e. The van der Waals surface area contributed by atoms with Gasteiger partial charge in [0.2, 0.25) is 0 Å². The first-order valence-electron chi connectivity index (χ1n) is 13.1. The Hall–Kier alpha value is -4.55. The van der Waals surface area contributed by atoms with Gasteiger partial charge in [0, 0.05) is 47.9 Å². The van der Waals surface area contributed by atoms with Gasteiger partial charge in [-0.1, -0.05) is 6.07 Å². The zero-order valence-electron chi connectivity index (χ0n) is 23.1. The fourth-order valence-corrected chi connectivity index (χ4v) is 5.65. The van der Waals surface area contributed by atoms with Crippen molar-refractivity contribution in [2.75, 3.05) is 26.1 Å². The molecule has 2 aromatic carbocycles. The molecule has 0 radical (unpaired) electrons. The Morgan fingerprint density at radius 3 is 2.55 bits per heavy atom. The average Bonchev–Trinajstić information content (AvgIpc) is 3.55. The average molecular weight is 588 g/mol. The molecule has 0 aliphatic carbocycles. The largest absolute Gasteiger partial charge is 0.335 e. The van der Waals surface area contributed by atoms with Crippen LogP contribution in [0.5, 0.6) is 0 Å². The Morgan fingerprint density at radius 2 is 1.76 bits per heavy atom. The van der Waals surface area contributed by atoms with Crippen LogP contribution in [0.1, 0.15) is 11.1 Å². The molecule has 0 fully saturated rings. The normalized spacial score (nSPS) is 12.1. The van der Waals surface area contributed by atoms with Gasteiger partial charge in [0.15, 0.2) is 17.3 Å². The SMILES string of the molecule is CN(C)Cc1cncc(-c2cc(F)c3n[nH]c(-c4nc5nccc(-c6cc(F)cc(CCS(C)(=O)=O)c6)c5[nH]4)c3c2)c1. The molecule has 12 heteroatoms. The molecule has 4 aromatic heterocycles. The van der Waals surface area contributed by atoms with Crippen LogP contribution in [0.4, 0.5) is 8.78 Å². The number of fused-ring (bicyclic) bond motifs is 2. The van der Waals surface area contributed by atoms with Crippen LogP contribution in [0.2, 0.25) is 0 Å². The maximum absolute atomic E-state index is 15.2. The highest BCUT2D eigenvalue weighted by atomic mass is 32.2. The van der Waals surface area contributed by atoms with Gasteiger partial charge in [-0.15, -0.1) is 0 Å². The first-order chi connectivity index (χ1) is 20.0. The predicted octanol–water partition coefficient (Wildman–Crippen LogP) is 5.16. The minimum absolute atomic E-state index is 0.0860. The summed E-state index contributed by atoms with van der Waals surface area (Å²) in [5.74, 6) is -0.666. The quantitative estimate of drug-likeness (QED) is 0.252. The van der Waals surface area contributed by atoms with Gasteiger partial charge >= 0.3 is 0 Å². The van der Waals surface area contributed by atoms with Gasteiger partial charge in [-0.3, -0.25) is 10.1 Å². The molecule has 42 heavy (non-hydrogen) atoms. The van der Waals surface area contributed by atoms with Crippen molar-refractivity contribution in [3.63, 3.8) is 0 Å². The lowest BCUT2D eigenvalue weighted by molar-refractivity contribution is 0.402. The van der Waals surface area contributed by atoms with Crippen molar-refractivity contribution in [1.82, 2.24) is 35.0 Å². The van der Waals surface area contributed by atoms with Gasteiger partial charge in [-0.05, 0) is 79.2 Å². The standard InChI is InChI=1S/C30H27F2N7O2S/c1-39(2)16-18-9-21(15-33-14-18)19-12-24-26(25(32)13-19)37-38-28(24)30-35-27-23(4-6-34-29(27)36-30)20-8-17(10-22(31)11-20)5-7-42(3,40)41/h4,6,8-15H,5,7,16H2,1-3H3,(H,37,38)(H,34,35,36). The van der Waals surface area contributed by atoms with E-state index in [1.807, 2.05) is 31.1 Å². The number of H-pyrrole nitrogens is 2. The van der Waals surface area contributed by atoms with E-state index in [0.29, 0.717) is 56.9 Å². The van der Waals surface area contributed by atoms with Gasteiger partial charge in [0.05, 0.1) is 11.3 Å². The van der Waals surface area contributed by atoms with Crippen molar-refractivity contribution in [1.29, 1.82) is 0 Å². The molecule has 0 aliphatic rings. The number of nitrogens with one attached hydrogen (secondary N) is 2. The summed E-state index contributed by atoms with van der Waals surface area (Å²) < 4.78 is 53.1. The number of pyridine rings is 2. The maximum atomic E-state index is 15.2. The third kappa shape index (κ3) is 5.63. The number of hydrogen-bond acceptors (Lipinski definition) is 7.